The van der Waals surface area contributed by atoms with Gasteiger partial charge in [0.15, 0.2) is 23.3 Å². The highest BCUT2D eigenvalue weighted by Crippen LogP contribution is 2.43. The Morgan fingerprint density at radius 2 is 1.44 bits per heavy atom. The van der Waals surface area contributed by atoms with Gasteiger partial charge in [0, 0.05) is 4.47 Å². The van der Waals surface area contributed by atoms with Crippen molar-refractivity contribution in [3.8, 4) is 5.88 Å². The van der Waals surface area contributed by atoms with Gasteiger partial charge in [-0.25, -0.2) is 31.4 Å². The lowest BCUT2D eigenvalue weighted by Crippen LogP contribution is -2.25. The van der Waals surface area contributed by atoms with Crippen molar-refractivity contribution in [1.82, 2.24) is 9.78 Å². The molecule has 0 amide bonds. The van der Waals surface area contributed by atoms with Crippen LogP contribution in [-0.2, 0) is 5.54 Å². The Kier molecular flexibility index (Phi) is 6.71. The van der Waals surface area contributed by atoms with Gasteiger partial charge in [0.2, 0.25) is 11.7 Å². The third-order valence-corrected chi connectivity index (χ3v) is 6.01. The Bertz CT molecular complexity index is 1180. The molecule has 0 radical (unpaired) electrons. The summed E-state index contributed by atoms with van der Waals surface area (Å²) in [5, 5.41) is 4.27. The third kappa shape index (κ3) is 4.54. The predicted octanol–water partition coefficient (Wildman–Crippen LogP) is 6.77. The van der Waals surface area contributed by atoms with Crippen LogP contribution in [0.25, 0.3) is 0 Å². The van der Waals surface area contributed by atoms with Gasteiger partial charge in [-0.1, -0.05) is 27.7 Å². The third-order valence-electron chi connectivity index (χ3n) is 4.24. The van der Waals surface area contributed by atoms with Gasteiger partial charge >= 0.3 is 5.97 Å². The first kappa shape index (κ1) is 24.2. The topological polar surface area (TPSA) is 44.1 Å². The van der Waals surface area contributed by atoms with Gasteiger partial charge in [0.25, 0.3) is 0 Å². The van der Waals surface area contributed by atoms with E-state index in [0.29, 0.717) is 0 Å². The molecule has 2 aromatic carbocycles. The summed E-state index contributed by atoms with van der Waals surface area (Å²) in [7, 11) is 0. The smallest absolute Gasteiger partial charge is 0.344 e. The summed E-state index contributed by atoms with van der Waals surface area (Å²) in [6.07, 6.45) is 0. The molecular formula is C21H16BrF5N2O2S. The Labute approximate surface area is 192 Å². The zero-order valence-electron chi connectivity index (χ0n) is 17.2. The lowest BCUT2D eigenvalue weighted by atomic mass is 10.1. The van der Waals surface area contributed by atoms with E-state index in [-0.39, 0.29) is 33.8 Å². The van der Waals surface area contributed by atoms with Crippen LogP contribution in [0.5, 0.6) is 5.88 Å². The van der Waals surface area contributed by atoms with Crippen LogP contribution >= 0.6 is 27.7 Å². The highest BCUT2D eigenvalue weighted by Gasteiger charge is 2.32. The first-order valence-corrected chi connectivity index (χ1v) is 10.7. The number of aryl methyl sites for hydroxylation is 1. The largest absolute Gasteiger partial charge is 0.403 e. The summed E-state index contributed by atoms with van der Waals surface area (Å²) in [6, 6.07) is 6.22. The molecule has 0 saturated heterocycles. The molecule has 1 aromatic heterocycles. The van der Waals surface area contributed by atoms with Gasteiger partial charge < -0.3 is 4.74 Å². The number of ether oxygens (including phenoxy) is 1. The molecule has 3 rings (SSSR count). The van der Waals surface area contributed by atoms with E-state index in [1.165, 1.54) is 23.7 Å². The molecule has 3 aromatic rings. The second kappa shape index (κ2) is 8.86. The van der Waals surface area contributed by atoms with Crippen LogP contribution in [0.4, 0.5) is 22.0 Å². The standard InChI is InChI=1S/C21H16BrF5N2O2S/c1-9-17(32-18-15(26)13(24)12(23)14(25)16(18)27)19(29(28-9)21(2,3)4)31-20(30)10-5-7-11(22)8-6-10/h5-8H,1-4H3. The number of halogens is 6. The van der Waals surface area contributed by atoms with Crippen molar-refractivity contribution in [2.75, 3.05) is 0 Å². The maximum atomic E-state index is 14.3. The lowest BCUT2D eigenvalue weighted by molar-refractivity contribution is 0.0704. The summed E-state index contributed by atoms with van der Waals surface area (Å²) in [5.74, 6) is -11.3. The molecule has 0 aliphatic heterocycles. The molecule has 0 fully saturated rings. The van der Waals surface area contributed by atoms with Crippen molar-refractivity contribution < 1.29 is 31.5 Å². The average molecular weight is 535 g/mol. The zero-order valence-corrected chi connectivity index (χ0v) is 19.6. The first-order chi connectivity index (χ1) is 14.8. The van der Waals surface area contributed by atoms with Gasteiger partial charge in [-0.2, -0.15) is 5.10 Å². The van der Waals surface area contributed by atoms with Gasteiger partial charge in [0.1, 0.15) is 0 Å². The number of hydrogen-bond donors (Lipinski definition) is 0. The Morgan fingerprint density at radius 1 is 0.938 bits per heavy atom. The number of rotatable bonds is 4. The van der Waals surface area contributed by atoms with Crippen LogP contribution in [-0.4, -0.2) is 15.7 Å². The van der Waals surface area contributed by atoms with Crippen LogP contribution in [0.15, 0.2) is 38.5 Å². The molecule has 0 unspecified atom stereocenters. The minimum absolute atomic E-state index is 0.0615. The van der Waals surface area contributed by atoms with E-state index >= 15 is 0 Å². The normalized spacial score (nSPS) is 11.7. The second-order valence-electron chi connectivity index (χ2n) is 7.70. The Morgan fingerprint density at radius 3 is 1.94 bits per heavy atom. The molecule has 0 bridgehead atoms. The molecule has 0 saturated carbocycles. The Balaban J connectivity index is 2.13. The fourth-order valence-corrected chi connectivity index (χ4v) is 3.89. The van der Waals surface area contributed by atoms with Crippen molar-refractivity contribution in [3.05, 3.63) is 69.1 Å². The average Bonchev–Trinajstić information content (AvgIpc) is 3.04. The highest BCUT2D eigenvalue weighted by atomic mass is 79.9. The number of aromatic nitrogens is 2. The highest BCUT2D eigenvalue weighted by molar-refractivity contribution is 9.10. The van der Waals surface area contributed by atoms with E-state index < -0.39 is 45.5 Å². The van der Waals surface area contributed by atoms with Crippen LogP contribution in [0, 0.1) is 36.0 Å². The second-order valence-corrected chi connectivity index (χ2v) is 9.64. The van der Waals surface area contributed by atoms with Gasteiger partial charge in [-0.05, 0) is 52.0 Å². The Hall–Kier alpha value is -2.40. The molecule has 32 heavy (non-hydrogen) atoms. The number of carbonyl (C=O) groups is 1. The van der Waals surface area contributed by atoms with Crippen LogP contribution in [0.2, 0.25) is 0 Å². The molecule has 0 N–H and O–H groups in total. The fourth-order valence-electron chi connectivity index (χ4n) is 2.66. The van der Waals surface area contributed by atoms with Crippen LogP contribution in [0.1, 0.15) is 36.8 Å². The molecule has 11 heteroatoms. The molecular weight excluding hydrogens is 519 g/mol. The molecule has 1 heterocycles. The minimum Gasteiger partial charge on any atom is -0.403 e. The van der Waals surface area contributed by atoms with Crippen molar-refractivity contribution in [2.24, 2.45) is 0 Å². The van der Waals surface area contributed by atoms with Crippen LogP contribution < -0.4 is 4.74 Å². The van der Waals surface area contributed by atoms with Crippen molar-refractivity contribution in [3.63, 3.8) is 0 Å². The minimum atomic E-state index is -2.26. The number of benzene rings is 2. The summed E-state index contributed by atoms with van der Waals surface area (Å²) in [5.41, 5.74) is -0.387. The molecule has 170 valence electrons. The van der Waals surface area contributed by atoms with E-state index in [1.54, 1.807) is 32.9 Å². The summed E-state index contributed by atoms with van der Waals surface area (Å²) in [4.78, 5) is 11.5. The summed E-state index contributed by atoms with van der Waals surface area (Å²) in [6.45, 7) is 6.68. The van der Waals surface area contributed by atoms with Crippen molar-refractivity contribution in [1.29, 1.82) is 0 Å². The lowest BCUT2D eigenvalue weighted by Gasteiger charge is -2.22. The molecule has 0 aliphatic carbocycles. The van der Waals surface area contributed by atoms with Gasteiger partial charge in [0.05, 0.1) is 26.6 Å². The van der Waals surface area contributed by atoms with E-state index in [1.807, 2.05) is 0 Å². The molecule has 4 nitrogen and oxygen atoms in total. The van der Waals surface area contributed by atoms with Gasteiger partial charge in [-0.3, -0.25) is 0 Å². The van der Waals surface area contributed by atoms with E-state index in [0.717, 1.165) is 4.47 Å². The number of esters is 1. The van der Waals surface area contributed by atoms with Crippen molar-refractivity contribution >= 4 is 33.7 Å². The fraction of sp³-hybridized carbons (Fsp3) is 0.238. The number of hydrogen-bond acceptors (Lipinski definition) is 4. The zero-order chi connectivity index (χ0) is 24.0. The van der Waals surface area contributed by atoms with E-state index in [9.17, 15) is 26.7 Å². The number of carbonyl (C=O) groups excluding carboxylic acids is 1. The van der Waals surface area contributed by atoms with E-state index in [4.69, 9.17) is 4.74 Å². The van der Waals surface area contributed by atoms with Crippen LogP contribution in [0.3, 0.4) is 0 Å². The number of nitrogens with zero attached hydrogens (tertiary/aromatic N) is 2. The van der Waals surface area contributed by atoms with E-state index in [2.05, 4.69) is 21.0 Å². The van der Waals surface area contributed by atoms with Gasteiger partial charge in [-0.15, -0.1) is 0 Å². The molecule has 0 spiro atoms. The summed E-state index contributed by atoms with van der Waals surface area (Å²) < 4.78 is 76.9. The maximum Gasteiger partial charge on any atom is 0.344 e. The quantitative estimate of drug-likeness (QED) is 0.160. The maximum absolute atomic E-state index is 14.3. The van der Waals surface area contributed by atoms with Crippen molar-refractivity contribution in [2.45, 2.75) is 43.0 Å². The summed E-state index contributed by atoms with van der Waals surface area (Å²) >= 11 is 3.50. The molecule has 0 atom stereocenters. The predicted molar refractivity (Wildman–Crippen MR) is 111 cm³/mol. The SMILES string of the molecule is Cc1nn(C(C)(C)C)c(OC(=O)c2ccc(Br)cc2)c1Sc1c(F)c(F)c(F)c(F)c1F. The monoisotopic (exact) mass is 534 g/mol. The first-order valence-electron chi connectivity index (χ1n) is 9.10. The molecule has 0 aliphatic rings.